The Bertz CT molecular complexity index is 762. The lowest BCUT2D eigenvalue weighted by Gasteiger charge is -2.09. The van der Waals surface area contributed by atoms with E-state index in [0.29, 0.717) is 0 Å². The highest BCUT2D eigenvalue weighted by atomic mass is 19.1. The Kier molecular flexibility index (Phi) is 6.07. The van der Waals surface area contributed by atoms with Crippen LogP contribution < -0.4 is 5.32 Å². The molecule has 2 aromatic carbocycles. The van der Waals surface area contributed by atoms with Crippen LogP contribution in [0, 0.1) is 18.6 Å². The fourth-order valence-electron chi connectivity index (χ4n) is 2.30. The molecule has 0 saturated heterocycles. The maximum absolute atomic E-state index is 13.6. The number of benzene rings is 2. The second kappa shape index (κ2) is 8.24. The molecule has 0 spiro atoms. The van der Waals surface area contributed by atoms with Gasteiger partial charge in [0.25, 0.3) is 0 Å². The van der Waals surface area contributed by atoms with Crippen molar-refractivity contribution >= 4 is 5.69 Å². The van der Waals surface area contributed by atoms with Gasteiger partial charge in [-0.05, 0) is 31.2 Å². The molecule has 1 N–H and O–H groups in total. The summed E-state index contributed by atoms with van der Waals surface area (Å²) in [5.74, 6) is -1.11. The van der Waals surface area contributed by atoms with Gasteiger partial charge in [0.2, 0.25) is 0 Å². The zero-order valence-electron chi connectivity index (χ0n) is 14.1. The highest BCUT2D eigenvalue weighted by molar-refractivity contribution is 5.49. The Morgan fingerprint density at radius 2 is 1.58 bits per heavy atom. The smallest absolute Gasteiger partial charge is 0.131 e. The first-order chi connectivity index (χ1) is 11.7. The molecule has 0 aliphatic heterocycles. The summed E-state index contributed by atoms with van der Waals surface area (Å²) in [6.45, 7) is 5.97. The van der Waals surface area contributed by atoms with E-state index < -0.39 is 11.6 Å². The van der Waals surface area contributed by atoms with E-state index in [4.69, 9.17) is 0 Å². The number of halogens is 2. The highest BCUT2D eigenvalue weighted by Gasteiger charge is 2.11. The normalized spacial score (nSPS) is 10.0. The Balaban J connectivity index is 0.00000100. The number of hydrogen-bond donors (Lipinski definition) is 1. The number of nitrogens with one attached hydrogen (secondary N) is 1. The molecule has 3 nitrogen and oxygen atoms in total. The molecule has 0 fully saturated rings. The van der Waals surface area contributed by atoms with Crippen molar-refractivity contribution in [2.24, 2.45) is 0 Å². The van der Waals surface area contributed by atoms with Gasteiger partial charge in [0.05, 0.1) is 23.3 Å². The summed E-state index contributed by atoms with van der Waals surface area (Å²) >= 11 is 0. The van der Waals surface area contributed by atoms with Crippen LogP contribution in [0.3, 0.4) is 0 Å². The van der Waals surface area contributed by atoms with Crippen LogP contribution in [-0.4, -0.2) is 9.78 Å². The molecule has 0 amide bonds. The van der Waals surface area contributed by atoms with Gasteiger partial charge in [0.1, 0.15) is 11.6 Å². The van der Waals surface area contributed by atoms with Crippen LogP contribution in [0.1, 0.15) is 25.1 Å². The second-order valence-electron chi connectivity index (χ2n) is 4.94. The average molecular weight is 329 g/mol. The summed E-state index contributed by atoms with van der Waals surface area (Å²) in [5.41, 5.74) is 2.58. The van der Waals surface area contributed by atoms with Crippen molar-refractivity contribution in [1.82, 2.24) is 9.78 Å². The van der Waals surface area contributed by atoms with Gasteiger partial charge in [0.15, 0.2) is 0 Å². The van der Waals surface area contributed by atoms with Crippen molar-refractivity contribution < 1.29 is 8.78 Å². The van der Waals surface area contributed by atoms with E-state index >= 15 is 0 Å². The van der Waals surface area contributed by atoms with Crippen LogP contribution in [0.5, 0.6) is 0 Å². The monoisotopic (exact) mass is 329 g/mol. The van der Waals surface area contributed by atoms with E-state index in [1.807, 2.05) is 51.1 Å². The van der Waals surface area contributed by atoms with Crippen LogP contribution in [0.25, 0.3) is 5.69 Å². The van der Waals surface area contributed by atoms with Crippen molar-refractivity contribution in [3.63, 3.8) is 0 Å². The van der Waals surface area contributed by atoms with Gasteiger partial charge >= 0.3 is 0 Å². The number of para-hydroxylation sites is 1. The standard InChI is InChI=1S/C17H15F2N3.C2H6/c1-12-17(11-21-22(12)13-6-3-2-4-7-13)20-10-14-15(18)8-5-9-16(14)19;1-2/h2-9,11,20H,10H2,1H3;1-2H3. The fraction of sp³-hybridized carbons (Fsp3) is 0.211. The molecular formula is C19H21F2N3. The van der Waals surface area contributed by atoms with Crippen LogP contribution in [0.15, 0.2) is 54.7 Å². The van der Waals surface area contributed by atoms with E-state index in [9.17, 15) is 8.78 Å². The summed E-state index contributed by atoms with van der Waals surface area (Å²) in [5, 5.41) is 7.35. The van der Waals surface area contributed by atoms with Crippen LogP contribution >= 0.6 is 0 Å². The SMILES string of the molecule is CC.Cc1c(NCc2c(F)cccc2F)cnn1-c1ccccc1. The van der Waals surface area contributed by atoms with Crippen LogP contribution in [0.4, 0.5) is 14.5 Å². The Labute approximate surface area is 140 Å². The van der Waals surface area contributed by atoms with Gasteiger partial charge in [-0.2, -0.15) is 5.10 Å². The molecule has 126 valence electrons. The number of rotatable bonds is 4. The molecule has 1 heterocycles. The van der Waals surface area contributed by atoms with Crippen molar-refractivity contribution in [1.29, 1.82) is 0 Å². The first-order valence-corrected chi connectivity index (χ1v) is 7.93. The van der Waals surface area contributed by atoms with Gasteiger partial charge in [-0.3, -0.25) is 0 Å². The van der Waals surface area contributed by atoms with Crippen molar-refractivity contribution in [3.05, 3.63) is 77.6 Å². The van der Waals surface area contributed by atoms with E-state index in [1.165, 1.54) is 18.2 Å². The largest absolute Gasteiger partial charge is 0.378 e. The summed E-state index contributed by atoms with van der Waals surface area (Å²) < 4.78 is 29.0. The maximum Gasteiger partial charge on any atom is 0.131 e. The number of anilines is 1. The molecule has 5 heteroatoms. The molecule has 24 heavy (non-hydrogen) atoms. The number of hydrogen-bond acceptors (Lipinski definition) is 2. The molecule has 0 aliphatic carbocycles. The summed E-state index contributed by atoms with van der Waals surface area (Å²) in [6.07, 6.45) is 1.65. The topological polar surface area (TPSA) is 29.9 Å². The second-order valence-corrected chi connectivity index (χ2v) is 4.94. The summed E-state index contributed by atoms with van der Waals surface area (Å²) in [6, 6.07) is 13.5. The van der Waals surface area contributed by atoms with Gasteiger partial charge in [-0.15, -0.1) is 0 Å². The molecular weight excluding hydrogens is 308 g/mol. The summed E-state index contributed by atoms with van der Waals surface area (Å²) in [4.78, 5) is 0. The lowest BCUT2D eigenvalue weighted by atomic mass is 10.2. The molecule has 3 rings (SSSR count). The Morgan fingerprint density at radius 3 is 2.21 bits per heavy atom. The van der Waals surface area contributed by atoms with Crippen molar-refractivity contribution in [2.75, 3.05) is 5.32 Å². The predicted molar refractivity (Wildman–Crippen MR) is 93.3 cm³/mol. The van der Waals surface area contributed by atoms with E-state index in [1.54, 1.807) is 10.9 Å². The minimum Gasteiger partial charge on any atom is -0.378 e. The zero-order valence-corrected chi connectivity index (χ0v) is 14.1. The Hall–Kier alpha value is -2.69. The third-order valence-corrected chi connectivity index (χ3v) is 3.53. The maximum atomic E-state index is 13.6. The predicted octanol–water partition coefficient (Wildman–Crippen LogP) is 5.10. The van der Waals surface area contributed by atoms with Gasteiger partial charge in [-0.25, -0.2) is 13.5 Å². The third kappa shape index (κ3) is 3.79. The first kappa shape index (κ1) is 17.7. The molecule has 0 atom stereocenters. The van der Waals surface area contributed by atoms with Gasteiger partial charge in [0, 0.05) is 12.1 Å². The minimum absolute atomic E-state index is 0.0226. The molecule has 3 aromatic rings. The lowest BCUT2D eigenvalue weighted by molar-refractivity contribution is 0.560. The molecule has 0 unspecified atom stereocenters. The van der Waals surface area contributed by atoms with Gasteiger partial charge < -0.3 is 5.32 Å². The van der Waals surface area contributed by atoms with E-state index in [2.05, 4.69) is 10.4 Å². The highest BCUT2D eigenvalue weighted by Crippen LogP contribution is 2.20. The fourth-order valence-corrected chi connectivity index (χ4v) is 2.30. The summed E-state index contributed by atoms with van der Waals surface area (Å²) in [7, 11) is 0. The lowest BCUT2D eigenvalue weighted by Crippen LogP contribution is -2.05. The number of aromatic nitrogens is 2. The zero-order chi connectivity index (χ0) is 17.5. The molecule has 1 aromatic heterocycles. The molecule has 0 radical (unpaired) electrons. The van der Waals surface area contributed by atoms with Crippen LogP contribution in [0.2, 0.25) is 0 Å². The van der Waals surface area contributed by atoms with E-state index in [0.717, 1.165) is 17.1 Å². The Morgan fingerprint density at radius 1 is 0.958 bits per heavy atom. The molecule has 0 bridgehead atoms. The van der Waals surface area contributed by atoms with Crippen molar-refractivity contribution in [3.8, 4) is 5.69 Å². The van der Waals surface area contributed by atoms with Crippen LogP contribution in [-0.2, 0) is 6.54 Å². The quantitative estimate of drug-likeness (QED) is 0.722. The van der Waals surface area contributed by atoms with E-state index in [-0.39, 0.29) is 12.1 Å². The first-order valence-electron chi connectivity index (χ1n) is 7.93. The molecule has 0 aliphatic rings. The minimum atomic E-state index is -0.555. The number of nitrogens with zero attached hydrogens (tertiary/aromatic N) is 2. The average Bonchev–Trinajstić information content (AvgIpc) is 2.98. The van der Waals surface area contributed by atoms with Crippen molar-refractivity contribution in [2.45, 2.75) is 27.3 Å². The van der Waals surface area contributed by atoms with Gasteiger partial charge in [-0.1, -0.05) is 38.1 Å². The molecule has 0 saturated carbocycles. The third-order valence-electron chi connectivity index (χ3n) is 3.53.